The Kier molecular flexibility index (Phi) is 9.47. The monoisotopic (exact) mass is 770 g/mol. The Morgan fingerprint density at radius 3 is 0.933 bits per heavy atom. The minimum Gasteiger partial charge on any atom is -0.309 e. The van der Waals surface area contributed by atoms with Crippen molar-refractivity contribution in [3.8, 4) is 0 Å². The van der Waals surface area contributed by atoms with Crippen LogP contribution < -0.4 is 9.80 Å². The molecule has 0 bridgehead atoms. The molecular formula is C58H46N2. The van der Waals surface area contributed by atoms with E-state index in [2.05, 4.69) is 244 Å². The summed E-state index contributed by atoms with van der Waals surface area (Å²) in [7, 11) is 0. The van der Waals surface area contributed by atoms with Crippen LogP contribution in [-0.2, 0) is 0 Å². The van der Waals surface area contributed by atoms with Crippen LogP contribution in [0, 0.1) is 27.7 Å². The quantitative estimate of drug-likeness (QED) is 0.112. The summed E-state index contributed by atoms with van der Waals surface area (Å²) in [5.74, 6) is 0. The number of hydrogen-bond donors (Lipinski definition) is 0. The van der Waals surface area contributed by atoms with Gasteiger partial charge in [0, 0.05) is 44.3 Å². The van der Waals surface area contributed by atoms with E-state index in [0.717, 1.165) is 33.9 Å². The molecule has 0 radical (unpaired) electrons. The molecule has 2 nitrogen and oxygen atoms in total. The van der Waals surface area contributed by atoms with Gasteiger partial charge in [-0.15, -0.1) is 0 Å². The summed E-state index contributed by atoms with van der Waals surface area (Å²) in [6.07, 6.45) is 4.66. The van der Waals surface area contributed by atoms with Crippen molar-refractivity contribution in [2.75, 3.05) is 9.80 Å². The Morgan fingerprint density at radius 1 is 0.300 bits per heavy atom. The van der Waals surface area contributed by atoms with Gasteiger partial charge in [0.1, 0.15) is 0 Å². The molecule has 288 valence electrons. The van der Waals surface area contributed by atoms with Crippen molar-refractivity contribution < 1.29 is 0 Å². The van der Waals surface area contributed by atoms with Gasteiger partial charge in [0.15, 0.2) is 0 Å². The van der Waals surface area contributed by atoms with Gasteiger partial charge in [-0.1, -0.05) is 168 Å². The Hall–Kier alpha value is -7.42. The van der Waals surface area contributed by atoms with Crippen LogP contribution in [0.15, 0.2) is 194 Å². The highest BCUT2D eigenvalue weighted by Crippen LogP contribution is 2.47. The molecule has 10 aromatic carbocycles. The molecule has 60 heavy (non-hydrogen) atoms. The molecule has 0 aliphatic carbocycles. The molecule has 2 heteroatoms. The largest absolute Gasteiger partial charge is 0.309 e. The lowest BCUT2D eigenvalue weighted by Gasteiger charge is -2.29. The second kappa shape index (κ2) is 15.4. The third kappa shape index (κ3) is 6.76. The van der Waals surface area contributed by atoms with Gasteiger partial charge in [0.25, 0.3) is 0 Å². The Morgan fingerprint density at radius 2 is 0.600 bits per heavy atom. The number of rotatable bonds is 8. The molecule has 0 amide bonds. The van der Waals surface area contributed by atoms with E-state index in [-0.39, 0.29) is 0 Å². The topological polar surface area (TPSA) is 6.48 Å². The van der Waals surface area contributed by atoms with Gasteiger partial charge in [-0.05, 0) is 121 Å². The van der Waals surface area contributed by atoms with Crippen LogP contribution in [0.25, 0.3) is 55.2 Å². The molecule has 0 N–H and O–H groups in total. The summed E-state index contributed by atoms with van der Waals surface area (Å²) in [5, 5.41) is 9.65. The standard InChI is InChI=1S/C58H46N2/c1-39-19-29-49(30-20-39)59(50-31-21-40(2)22-32-50)57-53-17-7-5-11-45(53)37-47-15-9-13-43(55(47)57)27-28-44-14-10-16-48-38-46-12-6-8-18-54(46)58(56(44)48)60(51-33-23-41(3)24-34-51)52-35-25-42(4)26-36-52/h5-38H,1-4H3/b28-27-. The maximum atomic E-state index is 2.45. The molecule has 0 fully saturated rings. The third-order valence-corrected chi connectivity index (χ3v) is 11.8. The fourth-order valence-electron chi connectivity index (χ4n) is 8.76. The van der Waals surface area contributed by atoms with Crippen LogP contribution in [0.1, 0.15) is 33.4 Å². The van der Waals surface area contributed by atoms with Crippen molar-refractivity contribution in [1.29, 1.82) is 0 Å². The van der Waals surface area contributed by atoms with Crippen molar-refractivity contribution in [2.24, 2.45) is 0 Å². The van der Waals surface area contributed by atoms with Crippen molar-refractivity contribution in [1.82, 2.24) is 0 Å². The highest BCUT2D eigenvalue weighted by molar-refractivity contribution is 6.19. The summed E-state index contributed by atoms with van der Waals surface area (Å²) < 4.78 is 0. The van der Waals surface area contributed by atoms with Gasteiger partial charge >= 0.3 is 0 Å². The zero-order valence-corrected chi connectivity index (χ0v) is 34.5. The molecule has 10 rings (SSSR count). The van der Waals surface area contributed by atoms with Crippen molar-refractivity contribution in [2.45, 2.75) is 27.7 Å². The van der Waals surface area contributed by atoms with Crippen LogP contribution in [0.4, 0.5) is 34.1 Å². The fourth-order valence-corrected chi connectivity index (χ4v) is 8.76. The number of aryl methyl sites for hydroxylation is 4. The van der Waals surface area contributed by atoms with Crippen molar-refractivity contribution >= 4 is 89.4 Å². The van der Waals surface area contributed by atoms with E-state index >= 15 is 0 Å². The first kappa shape index (κ1) is 36.9. The second-order valence-corrected chi connectivity index (χ2v) is 16.1. The molecule has 0 aliphatic rings. The Balaban J connectivity index is 1.24. The van der Waals surface area contributed by atoms with Crippen molar-refractivity contribution in [3.05, 3.63) is 228 Å². The van der Waals surface area contributed by atoms with Gasteiger partial charge in [0.2, 0.25) is 0 Å². The van der Waals surface area contributed by atoms with Gasteiger partial charge < -0.3 is 9.80 Å². The average Bonchev–Trinajstić information content (AvgIpc) is 3.27. The summed E-state index contributed by atoms with van der Waals surface area (Å²) in [6, 6.07) is 71.4. The van der Waals surface area contributed by atoms with E-state index in [1.54, 1.807) is 0 Å². The minimum absolute atomic E-state index is 1.12. The zero-order valence-electron chi connectivity index (χ0n) is 34.5. The molecule has 0 atom stereocenters. The highest BCUT2D eigenvalue weighted by Gasteiger charge is 2.22. The van der Waals surface area contributed by atoms with E-state index in [4.69, 9.17) is 0 Å². The van der Waals surface area contributed by atoms with Gasteiger partial charge in [-0.3, -0.25) is 0 Å². The van der Waals surface area contributed by atoms with Crippen molar-refractivity contribution in [3.63, 3.8) is 0 Å². The molecule has 10 aromatic rings. The van der Waals surface area contributed by atoms with E-state index < -0.39 is 0 Å². The molecule has 0 aromatic heterocycles. The second-order valence-electron chi connectivity index (χ2n) is 16.1. The Labute approximate surface area is 352 Å². The number of fused-ring (bicyclic) bond motifs is 4. The fraction of sp³-hybridized carbons (Fsp3) is 0.0690. The normalized spacial score (nSPS) is 11.6. The maximum Gasteiger partial charge on any atom is 0.0624 e. The van der Waals surface area contributed by atoms with Crippen LogP contribution in [0.2, 0.25) is 0 Å². The van der Waals surface area contributed by atoms with E-state index in [0.29, 0.717) is 0 Å². The first-order valence-electron chi connectivity index (χ1n) is 20.8. The number of hydrogen-bond acceptors (Lipinski definition) is 2. The molecule has 0 saturated heterocycles. The number of benzene rings is 10. The lowest BCUT2D eigenvalue weighted by molar-refractivity contribution is 1.29. The Bertz CT molecular complexity index is 2900. The smallest absolute Gasteiger partial charge is 0.0624 e. The third-order valence-electron chi connectivity index (χ3n) is 11.8. The van der Waals surface area contributed by atoms with Gasteiger partial charge in [-0.25, -0.2) is 0 Å². The molecule has 0 saturated carbocycles. The van der Waals surface area contributed by atoms with Crippen LogP contribution >= 0.6 is 0 Å². The first-order valence-corrected chi connectivity index (χ1v) is 20.8. The van der Waals surface area contributed by atoms with Crippen LogP contribution in [0.3, 0.4) is 0 Å². The molecular weight excluding hydrogens is 725 g/mol. The molecule has 0 aliphatic heterocycles. The highest BCUT2D eigenvalue weighted by atomic mass is 15.2. The minimum atomic E-state index is 1.12. The van der Waals surface area contributed by atoms with Crippen LogP contribution in [-0.4, -0.2) is 0 Å². The molecule has 0 heterocycles. The number of nitrogens with zero attached hydrogens (tertiary/aromatic N) is 2. The number of anilines is 6. The SMILES string of the molecule is Cc1ccc(N(c2ccc(C)cc2)c2c3ccccc3cc3cccc(/C=C\c4cccc5cc6ccccc6c(N(c6ccc(C)cc6)c6ccc(C)cc6)c45)c23)cc1. The summed E-state index contributed by atoms with van der Waals surface area (Å²) in [6.45, 7) is 8.61. The average molecular weight is 771 g/mol. The summed E-state index contributed by atoms with van der Waals surface area (Å²) in [5.41, 5.74) is 14.1. The predicted octanol–water partition coefficient (Wildman–Crippen LogP) is 16.6. The van der Waals surface area contributed by atoms with E-state index in [9.17, 15) is 0 Å². The molecule has 0 unspecified atom stereocenters. The predicted molar refractivity (Wildman–Crippen MR) is 260 cm³/mol. The van der Waals surface area contributed by atoms with E-state index in [1.165, 1.54) is 76.7 Å². The zero-order chi connectivity index (χ0) is 40.7. The van der Waals surface area contributed by atoms with Gasteiger partial charge in [-0.2, -0.15) is 0 Å². The summed E-state index contributed by atoms with van der Waals surface area (Å²) in [4.78, 5) is 4.90. The van der Waals surface area contributed by atoms with Crippen LogP contribution in [0.5, 0.6) is 0 Å². The van der Waals surface area contributed by atoms with E-state index in [1.807, 2.05) is 0 Å². The molecule has 0 spiro atoms. The lowest BCUT2D eigenvalue weighted by Crippen LogP contribution is -2.12. The summed E-state index contributed by atoms with van der Waals surface area (Å²) >= 11 is 0. The van der Waals surface area contributed by atoms with Gasteiger partial charge in [0.05, 0.1) is 11.4 Å². The first-order chi connectivity index (χ1) is 29.4. The maximum absolute atomic E-state index is 2.45. The lowest BCUT2D eigenvalue weighted by atomic mass is 9.93.